The van der Waals surface area contributed by atoms with Crippen molar-refractivity contribution >= 4 is 44.6 Å². The first kappa shape index (κ1) is 11.8. The third-order valence-corrected chi connectivity index (χ3v) is 5.24. The zero-order chi connectivity index (χ0) is 11.7. The number of hydrogen-bond acceptors (Lipinski definition) is 5. The SMILES string of the molecule is COC(=O)c1cnc(-c2cc(Br)c(C)s2)s1. The van der Waals surface area contributed by atoms with Crippen molar-refractivity contribution in [3.05, 3.63) is 26.5 Å². The molecule has 3 nitrogen and oxygen atoms in total. The largest absolute Gasteiger partial charge is 0.465 e. The van der Waals surface area contributed by atoms with Crippen LogP contribution in [0.1, 0.15) is 14.5 Å². The molecule has 0 fully saturated rings. The molecular formula is C10H8BrNO2S2. The predicted molar refractivity (Wildman–Crippen MR) is 69.2 cm³/mol. The van der Waals surface area contributed by atoms with Gasteiger partial charge in [-0.15, -0.1) is 22.7 Å². The Morgan fingerprint density at radius 3 is 2.81 bits per heavy atom. The Bertz CT molecular complexity index is 513. The van der Waals surface area contributed by atoms with Gasteiger partial charge in [0.15, 0.2) is 0 Å². The second kappa shape index (κ2) is 4.65. The third-order valence-electron chi connectivity index (χ3n) is 1.96. The van der Waals surface area contributed by atoms with E-state index in [0.717, 1.165) is 14.4 Å². The summed E-state index contributed by atoms with van der Waals surface area (Å²) < 4.78 is 5.71. The topological polar surface area (TPSA) is 39.2 Å². The van der Waals surface area contributed by atoms with Crippen LogP contribution in [-0.2, 0) is 4.74 Å². The van der Waals surface area contributed by atoms with Crippen LogP contribution in [-0.4, -0.2) is 18.1 Å². The average molecular weight is 318 g/mol. The summed E-state index contributed by atoms with van der Waals surface area (Å²) >= 11 is 6.45. The van der Waals surface area contributed by atoms with Gasteiger partial charge in [0.2, 0.25) is 0 Å². The number of carbonyl (C=O) groups is 1. The highest BCUT2D eigenvalue weighted by atomic mass is 79.9. The van der Waals surface area contributed by atoms with E-state index in [0.29, 0.717) is 4.88 Å². The fourth-order valence-corrected chi connectivity index (χ4v) is 3.57. The van der Waals surface area contributed by atoms with Crippen molar-refractivity contribution in [1.82, 2.24) is 4.98 Å². The second-order valence-electron chi connectivity index (χ2n) is 3.04. The quantitative estimate of drug-likeness (QED) is 0.792. The Hall–Kier alpha value is -0.720. The minimum Gasteiger partial charge on any atom is -0.465 e. The number of ether oxygens (including phenoxy) is 1. The molecule has 0 aromatic carbocycles. The molecule has 2 aromatic heterocycles. The molecule has 0 amide bonds. The number of aromatic nitrogens is 1. The molecule has 2 aromatic rings. The van der Waals surface area contributed by atoms with Crippen molar-refractivity contribution < 1.29 is 9.53 Å². The number of esters is 1. The minimum atomic E-state index is -0.337. The summed E-state index contributed by atoms with van der Waals surface area (Å²) in [4.78, 5) is 18.3. The van der Waals surface area contributed by atoms with Gasteiger partial charge >= 0.3 is 5.97 Å². The lowest BCUT2D eigenvalue weighted by Crippen LogP contribution is -1.96. The highest BCUT2D eigenvalue weighted by molar-refractivity contribution is 9.10. The lowest BCUT2D eigenvalue weighted by molar-refractivity contribution is 0.0606. The molecule has 6 heteroatoms. The van der Waals surface area contributed by atoms with E-state index in [2.05, 4.69) is 25.7 Å². The van der Waals surface area contributed by atoms with Crippen LogP contribution >= 0.6 is 38.6 Å². The summed E-state index contributed by atoms with van der Waals surface area (Å²) in [5.41, 5.74) is 0. The molecule has 0 spiro atoms. The fourth-order valence-electron chi connectivity index (χ4n) is 1.15. The van der Waals surface area contributed by atoms with E-state index in [-0.39, 0.29) is 5.97 Å². The number of carbonyl (C=O) groups excluding carboxylic acids is 1. The highest BCUT2D eigenvalue weighted by Crippen LogP contribution is 2.36. The molecule has 16 heavy (non-hydrogen) atoms. The van der Waals surface area contributed by atoms with E-state index in [1.54, 1.807) is 17.5 Å². The van der Waals surface area contributed by atoms with Gasteiger partial charge < -0.3 is 4.74 Å². The Kier molecular flexibility index (Phi) is 3.41. The first-order chi connectivity index (χ1) is 7.61. The van der Waals surface area contributed by atoms with Crippen molar-refractivity contribution in [2.75, 3.05) is 7.11 Å². The zero-order valence-electron chi connectivity index (χ0n) is 8.61. The number of thiophene rings is 1. The molecule has 2 heterocycles. The molecule has 2 rings (SSSR count). The van der Waals surface area contributed by atoms with Crippen molar-refractivity contribution in [1.29, 1.82) is 0 Å². The van der Waals surface area contributed by atoms with Crippen LogP contribution in [0.5, 0.6) is 0 Å². The van der Waals surface area contributed by atoms with Crippen LogP contribution < -0.4 is 0 Å². The molecule has 0 aliphatic carbocycles. The Balaban J connectivity index is 2.35. The van der Waals surface area contributed by atoms with Crippen LogP contribution in [0.25, 0.3) is 9.88 Å². The summed E-state index contributed by atoms with van der Waals surface area (Å²) in [6, 6.07) is 2.01. The van der Waals surface area contributed by atoms with E-state index < -0.39 is 0 Å². The van der Waals surface area contributed by atoms with Crippen LogP contribution in [0.15, 0.2) is 16.7 Å². The van der Waals surface area contributed by atoms with E-state index in [1.807, 2.05) is 13.0 Å². The van der Waals surface area contributed by atoms with Gasteiger partial charge in [0.1, 0.15) is 9.88 Å². The van der Waals surface area contributed by atoms with Crippen molar-refractivity contribution in [2.24, 2.45) is 0 Å². The summed E-state index contributed by atoms with van der Waals surface area (Å²) in [5, 5.41) is 0.846. The summed E-state index contributed by atoms with van der Waals surface area (Å²) in [7, 11) is 1.37. The van der Waals surface area contributed by atoms with Gasteiger partial charge in [0.25, 0.3) is 0 Å². The first-order valence-corrected chi connectivity index (χ1v) is 6.85. The molecule has 0 N–H and O–H groups in total. The third kappa shape index (κ3) is 2.18. The average Bonchev–Trinajstić information content (AvgIpc) is 2.86. The van der Waals surface area contributed by atoms with Crippen LogP contribution in [0.4, 0.5) is 0 Å². The van der Waals surface area contributed by atoms with Gasteiger partial charge in [-0.3, -0.25) is 0 Å². The summed E-state index contributed by atoms with van der Waals surface area (Å²) in [6.07, 6.45) is 1.55. The van der Waals surface area contributed by atoms with E-state index in [1.165, 1.54) is 23.3 Å². The summed E-state index contributed by atoms with van der Waals surface area (Å²) in [6.45, 7) is 2.03. The van der Waals surface area contributed by atoms with Gasteiger partial charge in [-0.1, -0.05) is 0 Å². The number of aryl methyl sites for hydroxylation is 1. The van der Waals surface area contributed by atoms with Crippen molar-refractivity contribution in [2.45, 2.75) is 6.92 Å². The van der Waals surface area contributed by atoms with E-state index in [4.69, 9.17) is 0 Å². The van der Waals surface area contributed by atoms with Gasteiger partial charge in [0, 0.05) is 9.35 Å². The molecule has 0 saturated carbocycles. The lowest BCUT2D eigenvalue weighted by atomic mass is 10.4. The maximum atomic E-state index is 11.3. The predicted octanol–water partition coefficient (Wildman–Crippen LogP) is 3.73. The number of methoxy groups -OCH3 is 1. The maximum Gasteiger partial charge on any atom is 0.349 e. The monoisotopic (exact) mass is 317 g/mol. The number of nitrogens with zero attached hydrogens (tertiary/aromatic N) is 1. The number of hydrogen-bond donors (Lipinski definition) is 0. The molecule has 0 aliphatic heterocycles. The van der Waals surface area contributed by atoms with E-state index >= 15 is 0 Å². The molecule has 0 saturated heterocycles. The Morgan fingerprint density at radius 1 is 1.50 bits per heavy atom. The summed E-state index contributed by atoms with van der Waals surface area (Å²) in [5.74, 6) is -0.337. The molecule has 0 radical (unpaired) electrons. The molecule has 0 bridgehead atoms. The van der Waals surface area contributed by atoms with Crippen molar-refractivity contribution in [3.8, 4) is 9.88 Å². The van der Waals surface area contributed by atoms with E-state index in [9.17, 15) is 4.79 Å². The lowest BCUT2D eigenvalue weighted by Gasteiger charge is -1.90. The molecule has 0 atom stereocenters. The minimum absolute atomic E-state index is 0.337. The molecule has 0 unspecified atom stereocenters. The fraction of sp³-hybridized carbons (Fsp3) is 0.200. The number of rotatable bonds is 2. The standard InChI is InChI=1S/C10H8BrNO2S2/c1-5-6(11)3-7(15-5)9-12-4-8(16-9)10(13)14-2/h3-4H,1-2H3. The number of halogens is 1. The normalized spacial score (nSPS) is 10.4. The van der Waals surface area contributed by atoms with Crippen molar-refractivity contribution in [3.63, 3.8) is 0 Å². The second-order valence-corrected chi connectivity index (χ2v) is 6.18. The molecular weight excluding hydrogens is 310 g/mol. The Labute approximate surface area is 109 Å². The zero-order valence-corrected chi connectivity index (χ0v) is 11.8. The molecule has 0 aliphatic rings. The first-order valence-electron chi connectivity index (χ1n) is 4.42. The Morgan fingerprint density at radius 2 is 2.25 bits per heavy atom. The smallest absolute Gasteiger partial charge is 0.349 e. The number of thiazole rings is 1. The van der Waals surface area contributed by atoms with Crippen LogP contribution in [0.3, 0.4) is 0 Å². The van der Waals surface area contributed by atoms with Gasteiger partial charge in [-0.2, -0.15) is 0 Å². The maximum absolute atomic E-state index is 11.3. The van der Waals surface area contributed by atoms with Gasteiger partial charge in [0.05, 0.1) is 18.2 Å². The van der Waals surface area contributed by atoms with Gasteiger partial charge in [-0.25, -0.2) is 9.78 Å². The van der Waals surface area contributed by atoms with Crippen LogP contribution in [0.2, 0.25) is 0 Å². The highest BCUT2D eigenvalue weighted by Gasteiger charge is 2.13. The molecule has 84 valence electrons. The van der Waals surface area contributed by atoms with Gasteiger partial charge in [-0.05, 0) is 28.9 Å². The van der Waals surface area contributed by atoms with Crippen LogP contribution in [0, 0.1) is 6.92 Å².